The second-order valence-electron chi connectivity index (χ2n) is 9.49. The van der Waals surface area contributed by atoms with Gasteiger partial charge in [-0.15, -0.1) is 11.3 Å². The maximum absolute atomic E-state index is 12.0. The summed E-state index contributed by atoms with van der Waals surface area (Å²) in [7, 11) is 1.73. The van der Waals surface area contributed by atoms with Crippen molar-refractivity contribution in [2.75, 3.05) is 20.1 Å². The first-order valence-corrected chi connectivity index (χ1v) is 10.5. The predicted octanol–water partition coefficient (Wildman–Crippen LogP) is 3.45. The van der Waals surface area contributed by atoms with Gasteiger partial charge in [0.1, 0.15) is 5.60 Å². The summed E-state index contributed by atoms with van der Waals surface area (Å²) in [4.78, 5) is 20.9. The fraction of sp³-hybridized carbons (Fsp3) is 0.750. The van der Waals surface area contributed by atoms with Crippen molar-refractivity contribution in [2.45, 2.75) is 78.4 Å². The average molecular weight is 412 g/mol. The van der Waals surface area contributed by atoms with Gasteiger partial charge >= 0.3 is 6.09 Å². The van der Waals surface area contributed by atoms with Gasteiger partial charge in [-0.1, -0.05) is 20.8 Å². The number of hydrogen-bond donors (Lipinski definition) is 3. The summed E-state index contributed by atoms with van der Waals surface area (Å²) in [6.45, 7) is 17.1. The van der Waals surface area contributed by atoms with E-state index < -0.39 is 17.2 Å². The van der Waals surface area contributed by atoms with Crippen LogP contribution in [0.5, 0.6) is 0 Å². The SMILES string of the molecule is CN=C(NCCc1nc(C(C)(C)C)cs1)NCC(C)(C)NC(=O)OC(C)(C)C. The second-order valence-corrected chi connectivity index (χ2v) is 10.4. The second kappa shape index (κ2) is 9.58. The number of nitrogens with one attached hydrogen (secondary N) is 3. The summed E-state index contributed by atoms with van der Waals surface area (Å²) in [5.41, 5.74) is 0.196. The summed E-state index contributed by atoms with van der Waals surface area (Å²) in [5, 5.41) is 12.7. The molecule has 0 radical (unpaired) electrons. The van der Waals surface area contributed by atoms with E-state index in [-0.39, 0.29) is 5.41 Å². The molecule has 0 spiro atoms. The van der Waals surface area contributed by atoms with Crippen molar-refractivity contribution in [3.63, 3.8) is 0 Å². The molecule has 160 valence electrons. The molecule has 0 saturated heterocycles. The minimum Gasteiger partial charge on any atom is -0.444 e. The molecule has 1 rings (SSSR count). The van der Waals surface area contributed by atoms with E-state index in [1.165, 1.54) is 0 Å². The number of aliphatic imine (C=N–C) groups is 1. The molecule has 0 aliphatic heterocycles. The summed E-state index contributed by atoms with van der Waals surface area (Å²) in [6.07, 6.45) is 0.404. The molecule has 0 saturated carbocycles. The van der Waals surface area contributed by atoms with Gasteiger partial charge in [0, 0.05) is 37.4 Å². The highest BCUT2D eigenvalue weighted by atomic mass is 32.1. The Labute approximate surface area is 173 Å². The molecule has 28 heavy (non-hydrogen) atoms. The minimum atomic E-state index is -0.520. The Kier molecular flexibility index (Phi) is 8.29. The summed E-state index contributed by atoms with van der Waals surface area (Å²) < 4.78 is 5.32. The maximum Gasteiger partial charge on any atom is 0.408 e. The molecule has 8 heteroatoms. The van der Waals surface area contributed by atoms with E-state index >= 15 is 0 Å². The number of carbonyl (C=O) groups excluding carboxylic acids is 1. The van der Waals surface area contributed by atoms with Crippen molar-refractivity contribution in [3.05, 3.63) is 16.1 Å². The lowest BCUT2D eigenvalue weighted by molar-refractivity contribution is 0.0474. The Morgan fingerprint density at radius 3 is 2.29 bits per heavy atom. The molecule has 1 aromatic rings. The molecule has 0 unspecified atom stereocenters. The van der Waals surface area contributed by atoms with Crippen LogP contribution >= 0.6 is 11.3 Å². The number of carbonyl (C=O) groups is 1. The third-order valence-corrected chi connectivity index (χ3v) is 4.62. The predicted molar refractivity (Wildman–Crippen MR) is 117 cm³/mol. The average Bonchev–Trinajstić information content (AvgIpc) is 2.97. The quantitative estimate of drug-likeness (QED) is 0.493. The first-order chi connectivity index (χ1) is 12.7. The van der Waals surface area contributed by atoms with Crippen LogP contribution in [0.1, 0.15) is 66.1 Å². The van der Waals surface area contributed by atoms with Gasteiger partial charge in [0.15, 0.2) is 5.96 Å². The van der Waals surface area contributed by atoms with Crippen LogP contribution in [-0.2, 0) is 16.6 Å². The van der Waals surface area contributed by atoms with Gasteiger partial charge in [0.05, 0.1) is 16.2 Å². The van der Waals surface area contributed by atoms with Crippen molar-refractivity contribution in [2.24, 2.45) is 4.99 Å². The smallest absolute Gasteiger partial charge is 0.408 e. The minimum absolute atomic E-state index is 0.0759. The summed E-state index contributed by atoms with van der Waals surface area (Å²) in [6, 6.07) is 0. The van der Waals surface area contributed by atoms with Crippen LogP contribution in [0.3, 0.4) is 0 Å². The molecular weight excluding hydrogens is 374 g/mol. The van der Waals surface area contributed by atoms with E-state index in [1.807, 2.05) is 34.6 Å². The molecule has 0 aliphatic carbocycles. The molecule has 0 bridgehead atoms. The monoisotopic (exact) mass is 411 g/mol. The van der Waals surface area contributed by atoms with Crippen molar-refractivity contribution in [1.29, 1.82) is 0 Å². The standard InChI is InChI=1S/C20H37N5O2S/c1-18(2,3)14-12-28-15(24-14)10-11-22-16(21-9)23-13-20(7,8)25-17(26)27-19(4,5)6/h12H,10-11,13H2,1-9H3,(H,25,26)(H2,21,22,23). The molecule has 7 nitrogen and oxygen atoms in total. The first kappa shape index (κ1) is 24.2. The zero-order valence-electron chi connectivity index (χ0n) is 18.8. The Balaban J connectivity index is 2.44. The van der Waals surface area contributed by atoms with Crippen LogP contribution in [0.4, 0.5) is 4.79 Å². The Bertz CT molecular complexity index is 669. The molecule has 1 aromatic heterocycles. The van der Waals surface area contributed by atoms with Crippen LogP contribution in [-0.4, -0.2) is 48.3 Å². The van der Waals surface area contributed by atoms with E-state index in [0.717, 1.165) is 23.7 Å². The van der Waals surface area contributed by atoms with Crippen LogP contribution in [0.25, 0.3) is 0 Å². The lowest BCUT2D eigenvalue weighted by Gasteiger charge is -2.29. The molecule has 1 amide bonds. The summed E-state index contributed by atoms with van der Waals surface area (Å²) in [5.74, 6) is 0.687. The van der Waals surface area contributed by atoms with Crippen molar-refractivity contribution < 1.29 is 9.53 Å². The van der Waals surface area contributed by atoms with Crippen molar-refractivity contribution in [3.8, 4) is 0 Å². The molecule has 0 aliphatic rings. The third kappa shape index (κ3) is 9.39. The van der Waals surface area contributed by atoms with Gasteiger partial charge in [-0.25, -0.2) is 9.78 Å². The van der Waals surface area contributed by atoms with Crippen LogP contribution in [0.2, 0.25) is 0 Å². The van der Waals surface area contributed by atoms with Gasteiger partial charge in [-0.2, -0.15) is 0 Å². The molecule has 0 fully saturated rings. The van der Waals surface area contributed by atoms with Crippen LogP contribution in [0, 0.1) is 0 Å². The molecule has 0 atom stereocenters. The molecular formula is C20H37N5O2S. The first-order valence-electron chi connectivity index (χ1n) is 9.62. The molecule has 0 aromatic carbocycles. The number of amides is 1. The normalized spacial score (nSPS) is 13.2. The topological polar surface area (TPSA) is 87.6 Å². The zero-order valence-corrected chi connectivity index (χ0v) is 19.6. The number of ether oxygens (including phenoxy) is 1. The zero-order chi connectivity index (χ0) is 21.6. The number of thiazole rings is 1. The van der Waals surface area contributed by atoms with Gasteiger partial charge in [0.25, 0.3) is 0 Å². The number of hydrogen-bond acceptors (Lipinski definition) is 5. The fourth-order valence-corrected chi connectivity index (χ4v) is 3.23. The van der Waals surface area contributed by atoms with E-state index in [2.05, 4.69) is 47.1 Å². The van der Waals surface area contributed by atoms with Crippen LogP contribution in [0.15, 0.2) is 10.4 Å². The van der Waals surface area contributed by atoms with Gasteiger partial charge in [-0.05, 0) is 34.6 Å². The molecule has 1 heterocycles. The molecule has 3 N–H and O–H groups in total. The Hall–Kier alpha value is -1.83. The highest BCUT2D eigenvalue weighted by Crippen LogP contribution is 2.23. The number of alkyl carbamates (subject to hydrolysis) is 1. The lowest BCUT2D eigenvalue weighted by Crippen LogP contribution is -2.54. The van der Waals surface area contributed by atoms with Crippen molar-refractivity contribution in [1.82, 2.24) is 20.9 Å². The van der Waals surface area contributed by atoms with E-state index in [4.69, 9.17) is 9.72 Å². The van der Waals surface area contributed by atoms with E-state index in [1.54, 1.807) is 18.4 Å². The maximum atomic E-state index is 12.0. The highest BCUT2D eigenvalue weighted by Gasteiger charge is 2.24. The fourth-order valence-electron chi connectivity index (χ4n) is 2.21. The number of rotatable bonds is 6. The summed E-state index contributed by atoms with van der Waals surface area (Å²) >= 11 is 1.69. The third-order valence-electron chi connectivity index (χ3n) is 3.71. The van der Waals surface area contributed by atoms with Gasteiger partial charge in [-0.3, -0.25) is 4.99 Å². The van der Waals surface area contributed by atoms with Crippen molar-refractivity contribution >= 4 is 23.4 Å². The van der Waals surface area contributed by atoms with E-state index in [9.17, 15) is 4.79 Å². The highest BCUT2D eigenvalue weighted by molar-refractivity contribution is 7.09. The Morgan fingerprint density at radius 2 is 1.79 bits per heavy atom. The number of nitrogens with zero attached hydrogens (tertiary/aromatic N) is 2. The Morgan fingerprint density at radius 1 is 1.14 bits per heavy atom. The lowest BCUT2D eigenvalue weighted by atomic mass is 9.93. The van der Waals surface area contributed by atoms with E-state index in [0.29, 0.717) is 12.5 Å². The number of aromatic nitrogens is 1. The number of guanidine groups is 1. The largest absolute Gasteiger partial charge is 0.444 e. The van der Waals surface area contributed by atoms with Gasteiger partial charge in [0.2, 0.25) is 0 Å². The van der Waals surface area contributed by atoms with Crippen LogP contribution < -0.4 is 16.0 Å². The van der Waals surface area contributed by atoms with Gasteiger partial charge < -0.3 is 20.7 Å².